The number of nitrogens with two attached hydrogens (primary N) is 1. The van der Waals surface area contributed by atoms with Crippen LogP contribution in [-0.2, 0) is 11.2 Å². The zero-order chi connectivity index (χ0) is 9.68. The summed E-state index contributed by atoms with van der Waals surface area (Å²) in [5, 5.41) is 0. The zero-order valence-corrected chi connectivity index (χ0v) is 7.57. The lowest BCUT2D eigenvalue weighted by atomic mass is 10.1. The van der Waals surface area contributed by atoms with Crippen LogP contribution in [0.4, 0.5) is 0 Å². The fourth-order valence-electron chi connectivity index (χ4n) is 1.13. The number of hydrogen-bond donors (Lipinski definition) is 1. The van der Waals surface area contributed by atoms with E-state index in [0.29, 0.717) is 12.2 Å². The van der Waals surface area contributed by atoms with Gasteiger partial charge in [0.25, 0.3) is 6.47 Å². The second-order valence-electron chi connectivity index (χ2n) is 3.04. The van der Waals surface area contributed by atoms with Crippen molar-refractivity contribution in [1.82, 2.24) is 0 Å². The van der Waals surface area contributed by atoms with E-state index in [2.05, 4.69) is 4.74 Å². The predicted octanol–water partition coefficient (Wildman–Crippen LogP) is 1.11. The van der Waals surface area contributed by atoms with Crippen molar-refractivity contribution in [3.8, 4) is 5.75 Å². The van der Waals surface area contributed by atoms with E-state index < -0.39 is 0 Å². The maximum atomic E-state index is 9.99. The van der Waals surface area contributed by atoms with Gasteiger partial charge in [0.2, 0.25) is 0 Å². The first-order valence-electron chi connectivity index (χ1n) is 4.17. The minimum atomic E-state index is 0.151. The van der Waals surface area contributed by atoms with Gasteiger partial charge in [-0.15, -0.1) is 0 Å². The Morgan fingerprint density at radius 1 is 1.46 bits per heavy atom. The van der Waals surface area contributed by atoms with E-state index in [0.717, 1.165) is 12.0 Å². The van der Waals surface area contributed by atoms with Gasteiger partial charge in [-0.05, 0) is 31.0 Å². The Morgan fingerprint density at radius 3 is 2.54 bits per heavy atom. The number of ether oxygens (including phenoxy) is 1. The van der Waals surface area contributed by atoms with Crippen molar-refractivity contribution in [3.05, 3.63) is 29.8 Å². The van der Waals surface area contributed by atoms with Crippen LogP contribution in [0.3, 0.4) is 0 Å². The Labute approximate surface area is 77.5 Å². The third kappa shape index (κ3) is 3.25. The maximum Gasteiger partial charge on any atom is 0.298 e. The molecule has 0 radical (unpaired) electrons. The summed E-state index contributed by atoms with van der Waals surface area (Å²) in [7, 11) is 0. The molecule has 1 aromatic rings. The molecule has 0 heterocycles. The molecule has 3 heteroatoms. The molecule has 0 aliphatic heterocycles. The quantitative estimate of drug-likeness (QED) is 0.704. The van der Waals surface area contributed by atoms with Gasteiger partial charge in [0, 0.05) is 6.04 Å². The van der Waals surface area contributed by atoms with Gasteiger partial charge in [0.15, 0.2) is 0 Å². The first-order chi connectivity index (χ1) is 6.22. The Hall–Kier alpha value is -1.35. The summed E-state index contributed by atoms with van der Waals surface area (Å²) in [5.41, 5.74) is 6.78. The van der Waals surface area contributed by atoms with Crippen LogP contribution in [0.5, 0.6) is 5.75 Å². The summed E-state index contributed by atoms with van der Waals surface area (Å²) in [5.74, 6) is 0.559. The smallest absolute Gasteiger partial charge is 0.298 e. The molecule has 1 rings (SSSR count). The van der Waals surface area contributed by atoms with Crippen LogP contribution in [0.2, 0.25) is 0 Å². The molecule has 0 amide bonds. The molecule has 2 N–H and O–H groups in total. The lowest BCUT2D eigenvalue weighted by Crippen LogP contribution is -2.17. The summed E-state index contributed by atoms with van der Waals surface area (Å²) >= 11 is 0. The standard InChI is InChI=1S/C10H13NO2/c1-8(11)6-9-2-4-10(5-3-9)13-7-12/h2-5,7-8H,6,11H2,1H3/t8-/m1/s1. The highest BCUT2D eigenvalue weighted by Crippen LogP contribution is 2.12. The molecular formula is C10H13NO2. The average molecular weight is 179 g/mol. The molecule has 1 aromatic carbocycles. The first kappa shape index (κ1) is 9.74. The molecule has 0 aromatic heterocycles. The van der Waals surface area contributed by atoms with Crippen LogP contribution >= 0.6 is 0 Å². The highest BCUT2D eigenvalue weighted by Gasteiger charge is 1.98. The van der Waals surface area contributed by atoms with Gasteiger partial charge in [-0.1, -0.05) is 12.1 Å². The Bertz CT molecular complexity index is 267. The summed E-state index contributed by atoms with van der Waals surface area (Å²) in [6, 6.07) is 7.47. The average Bonchev–Trinajstić information content (AvgIpc) is 2.08. The SMILES string of the molecule is C[C@@H](N)Cc1ccc(OC=O)cc1. The predicted molar refractivity (Wildman–Crippen MR) is 50.5 cm³/mol. The molecule has 0 fully saturated rings. The van der Waals surface area contributed by atoms with Crippen molar-refractivity contribution < 1.29 is 9.53 Å². The summed E-state index contributed by atoms with van der Waals surface area (Å²) in [6.07, 6.45) is 0.835. The van der Waals surface area contributed by atoms with Crippen LogP contribution in [0.1, 0.15) is 12.5 Å². The second kappa shape index (κ2) is 4.62. The molecule has 0 spiro atoms. The van der Waals surface area contributed by atoms with Gasteiger partial charge in [0.1, 0.15) is 5.75 Å². The van der Waals surface area contributed by atoms with Crippen LogP contribution in [0.25, 0.3) is 0 Å². The molecular weight excluding hydrogens is 166 g/mol. The van der Waals surface area contributed by atoms with E-state index in [1.807, 2.05) is 19.1 Å². The molecule has 0 saturated heterocycles. The van der Waals surface area contributed by atoms with Crippen molar-refractivity contribution >= 4 is 6.47 Å². The van der Waals surface area contributed by atoms with E-state index >= 15 is 0 Å². The number of carbonyl (C=O) groups is 1. The van der Waals surface area contributed by atoms with Crippen molar-refractivity contribution in [2.75, 3.05) is 0 Å². The van der Waals surface area contributed by atoms with Crippen LogP contribution in [-0.4, -0.2) is 12.5 Å². The van der Waals surface area contributed by atoms with Crippen LogP contribution < -0.4 is 10.5 Å². The third-order valence-electron chi connectivity index (χ3n) is 1.67. The molecule has 0 saturated carbocycles. The van der Waals surface area contributed by atoms with Crippen molar-refractivity contribution in [1.29, 1.82) is 0 Å². The van der Waals surface area contributed by atoms with E-state index in [9.17, 15) is 4.79 Å². The number of carbonyl (C=O) groups excluding carboxylic acids is 1. The number of hydrogen-bond acceptors (Lipinski definition) is 3. The molecule has 0 bridgehead atoms. The van der Waals surface area contributed by atoms with Crippen molar-refractivity contribution in [2.45, 2.75) is 19.4 Å². The minimum absolute atomic E-state index is 0.151. The number of rotatable bonds is 4. The van der Waals surface area contributed by atoms with E-state index in [1.165, 1.54) is 0 Å². The Morgan fingerprint density at radius 2 is 2.08 bits per heavy atom. The Kier molecular flexibility index (Phi) is 3.46. The minimum Gasteiger partial charge on any atom is -0.429 e. The fraction of sp³-hybridized carbons (Fsp3) is 0.300. The van der Waals surface area contributed by atoms with E-state index in [-0.39, 0.29) is 6.04 Å². The molecule has 13 heavy (non-hydrogen) atoms. The lowest BCUT2D eigenvalue weighted by Gasteiger charge is -2.05. The van der Waals surface area contributed by atoms with Gasteiger partial charge in [-0.2, -0.15) is 0 Å². The van der Waals surface area contributed by atoms with Gasteiger partial charge >= 0.3 is 0 Å². The zero-order valence-electron chi connectivity index (χ0n) is 7.57. The van der Waals surface area contributed by atoms with Crippen molar-refractivity contribution in [2.24, 2.45) is 5.73 Å². The summed E-state index contributed by atoms with van der Waals surface area (Å²) in [6.45, 7) is 2.37. The molecule has 0 aliphatic rings. The number of benzene rings is 1. The molecule has 3 nitrogen and oxygen atoms in total. The summed E-state index contributed by atoms with van der Waals surface area (Å²) < 4.78 is 4.65. The molecule has 0 unspecified atom stereocenters. The van der Waals surface area contributed by atoms with Crippen LogP contribution in [0.15, 0.2) is 24.3 Å². The van der Waals surface area contributed by atoms with Gasteiger partial charge in [-0.25, -0.2) is 0 Å². The monoisotopic (exact) mass is 179 g/mol. The summed E-state index contributed by atoms with van der Waals surface area (Å²) in [4.78, 5) is 9.99. The Balaban J connectivity index is 2.63. The van der Waals surface area contributed by atoms with Crippen LogP contribution in [0, 0.1) is 0 Å². The highest BCUT2D eigenvalue weighted by atomic mass is 16.5. The van der Waals surface area contributed by atoms with E-state index in [1.54, 1.807) is 12.1 Å². The molecule has 0 aliphatic carbocycles. The van der Waals surface area contributed by atoms with Gasteiger partial charge in [-0.3, -0.25) is 4.79 Å². The molecule has 1 atom stereocenters. The molecule has 70 valence electrons. The van der Waals surface area contributed by atoms with Gasteiger partial charge < -0.3 is 10.5 Å². The second-order valence-corrected chi connectivity index (χ2v) is 3.04. The maximum absolute atomic E-state index is 9.99. The van der Waals surface area contributed by atoms with E-state index in [4.69, 9.17) is 5.73 Å². The van der Waals surface area contributed by atoms with Crippen molar-refractivity contribution in [3.63, 3.8) is 0 Å². The largest absolute Gasteiger partial charge is 0.429 e. The first-order valence-corrected chi connectivity index (χ1v) is 4.17. The topological polar surface area (TPSA) is 52.3 Å². The lowest BCUT2D eigenvalue weighted by molar-refractivity contribution is -0.120. The highest BCUT2D eigenvalue weighted by molar-refractivity contribution is 5.45. The fourth-order valence-corrected chi connectivity index (χ4v) is 1.13. The van der Waals surface area contributed by atoms with Gasteiger partial charge in [0.05, 0.1) is 0 Å². The third-order valence-corrected chi connectivity index (χ3v) is 1.67. The normalized spacial score (nSPS) is 12.2.